The fourth-order valence-electron chi connectivity index (χ4n) is 4.20. The zero-order valence-electron chi connectivity index (χ0n) is 21.0. The van der Waals surface area contributed by atoms with Crippen molar-refractivity contribution in [3.63, 3.8) is 0 Å². The van der Waals surface area contributed by atoms with E-state index in [1.807, 2.05) is 24.3 Å². The monoisotopic (exact) mass is 566 g/mol. The number of nitrogens with zero attached hydrogens (tertiary/aromatic N) is 2. The van der Waals surface area contributed by atoms with E-state index in [0.29, 0.717) is 47.1 Å². The fraction of sp³-hybridized carbons (Fsp3) is 0.370. The minimum Gasteiger partial charge on any atom is -0.496 e. The summed E-state index contributed by atoms with van der Waals surface area (Å²) in [5.41, 5.74) is 1.78. The maximum atomic E-state index is 11.8. The van der Waals surface area contributed by atoms with Gasteiger partial charge >= 0.3 is 5.97 Å². The molecular weight excluding hydrogens is 535 g/mol. The van der Waals surface area contributed by atoms with E-state index in [1.165, 1.54) is 16.7 Å². The van der Waals surface area contributed by atoms with Gasteiger partial charge in [0.1, 0.15) is 5.75 Å². The molecular formula is C27H32Cl2N2O5S. The summed E-state index contributed by atoms with van der Waals surface area (Å²) in [5, 5.41) is 30.2. The molecule has 2 aromatic carbocycles. The highest BCUT2D eigenvalue weighted by atomic mass is 35.5. The summed E-state index contributed by atoms with van der Waals surface area (Å²) in [5.74, 6) is 0.763. The summed E-state index contributed by atoms with van der Waals surface area (Å²) in [6.07, 6.45) is -0.0746. The first-order valence-electron chi connectivity index (χ1n) is 11.9. The number of aliphatic carboxylic acids is 1. The third-order valence-electron chi connectivity index (χ3n) is 5.86. The van der Waals surface area contributed by atoms with E-state index in [1.54, 1.807) is 31.0 Å². The Balaban J connectivity index is 1.81. The Morgan fingerprint density at radius 1 is 1.05 bits per heavy atom. The van der Waals surface area contributed by atoms with Crippen molar-refractivity contribution < 1.29 is 24.9 Å². The molecule has 0 aliphatic rings. The minimum absolute atomic E-state index is 0.0172. The lowest BCUT2D eigenvalue weighted by Gasteiger charge is -2.33. The first-order chi connectivity index (χ1) is 17.6. The molecule has 1 atom stereocenters. The number of thioether (sulfide) groups is 1. The van der Waals surface area contributed by atoms with Gasteiger partial charge in [0.15, 0.2) is 11.8 Å². The number of carbonyl (C=O) groups is 1. The van der Waals surface area contributed by atoms with Crippen LogP contribution in [0.3, 0.4) is 0 Å². The van der Waals surface area contributed by atoms with Crippen molar-refractivity contribution in [3.05, 3.63) is 69.7 Å². The van der Waals surface area contributed by atoms with Gasteiger partial charge in [-0.25, -0.2) is 0 Å². The van der Waals surface area contributed by atoms with Gasteiger partial charge in [-0.2, -0.15) is 0 Å². The molecule has 1 aromatic heterocycles. The lowest BCUT2D eigenvalue weighted by molar-refractivity contribution is -0.138. The van der Waals surface area contributed by atoms with E-state index < -0.39 is 12.0 Å². The maximum Gasteiger partial charge on any atom is 0.305 e. The Kier molecular flexibility index (Phi) is 10.5. The largest absolute Gasteiger partial charge is 0.496 e. The number of halogens is 2. The topological polar surface area (TPSA) is 95.2 Å². The molecule has 0 aliphatic heterocycles. The molecule has 0 saturated heterocycles. The molecule has 10 heteroatoms. The number of benzene rings is 2. The molecule has 0 spiro atoms. The molecule has 37 heavy (non-hydrogen) atoms. The van der Waals surface area contributed by atoms with E-state index in [-0.39, 0.29) is 18.2 Å². The van der Waals surface area contributed by atoms with Gasteiger partial charge in [-0.15, -0.1) is 11.8 Å². The normalized spacial score (nSPS) is 12.3. The van der Waals surface area contributed by atoms with E-state index in [0.717, 1.165) is 16.0 Å². The van der Waals surface area contributed by atoms with Gasteiger partial charge in [0.25, 0.3) is 0 Å². The van der Waals surface area contributed by atoms with Gasteiger partial charge in [0.05, 0.1) is 23.6 Å². The summed E-state index contributed by atoms with van der Waals surface area (Å²) in [6, 6.07) is 13.7. The molecule has 0 amide bonds. The second-order valence-electron chi connectivity index (χ2n) is 9.15. The number of hydrogen-bond donors (Lipinski definition) is 3. The van der Waals surface area contributed by atoms with E-state index >= 15 is 0 Å². The number of hydrogen-bond acceptors (Lipinski definition) is 6. The molecule has 0 aliphatic carbocycles. The first-order valence-corrected chi connectivity index (χ1v) is 13.6. The smallest absolute Gasteiger partial charge is 0.305 e. The predicted molar refractivity (Wildman–Crippen MR) is 148 cm³/mol. The molecule has 200 valence electrons. The van der Waals surface area contributed by atoms with Crippen LogP contribution in [0.5, 0.6) is 17.5 Å². The van der Waals surface area contributed by atoms with Crippen molar-refractivity contribution in [2.75, 3.05) is 19.4 Å². The van der Waals surface area contributed by atoms with Crippen molar-refractivity contribution in [2.24, 2.45) is 5.92 Å². The first kappa shape index (κ1) is 29.0. The van der Waals surface area contributed by atoms with Crippen molar-refractivity contribution in [3.8, 4) is 17.5 Å². The van der Waals surface area contributed by atoms with Crippen LogP contribution in [-0.2, 0) is 17.9 Å². The van der Waals surface area contributed by atoms with Gasteiger partial charge in [-0.1, -0.05) is 49.2 Å². The summed E-state index contributed by atoms with van der Waals surface area (Å²) in [6.45, 7) is 5.83. The van der Waals surface area contributed by atoms with Crippen LogP contribution in [0.2, 0.25) is 10.0 Å². The molecule has 0 bridgehead atoms. The van der Waals surface area contributed by atoms with Gasteiger partial charge < -0.3 is 20.1 Å². The van der Waals surface area contributed by atoms with Crippen molar-refractivity contribution >= 4 is 40.9 Å². The minimum atomic E-state index is -0.895. The van der Waals surface area contributed by atoms with E-state index in [4.69, 9.17) is 27.9 Å². The molecule has 3 N–H and O–H groups in total. The molecule has 7 nitrogen and oxygen atoms in total. The maximum absolute atomic E-state index is 11.8. The average Bonchev–Trinajstić information content (AvgIpc) is 3.16. The number of methoxy groups -OCH3 is 1. The molecule has 1 heterocycles. The van der Waals surface area contributed by atoms with Crippen LogP contribution in [0, 0.1) is 5.92 Å². The number of aromatic hydroxyl groups is 2. The SMILES string of the molecule is COc1cc(CN(CC(C)C)C(CC(=O)O)c2ccc(Cl)c(Cl)c2)ccc1SCCn1c(O)ccc1O. The average molecular weight is 568 g/mol. The number of ether oxygens (including phenoxy) is 1. The van der Waals surface area contributed by atoms with Crippen LogP contribution >= 0.6 is 35.0 Å². The van der Waals surface area contributed by atoms with Crippen LogP contribution in [0.4, 0.5) is 0 Å². The summed E-state index contributed by atoms with van der Waals surface area (Å²) in [4.78, 5) is 14.9. The Hall–Kier alpha value is -2.52. The second kappa shape index (κ2) is 13.3. The zero-order chi connectivity index (χ0) is 27.1. The van der Waals surface area contributed by atoms with Crippen LogP contribution in [0.1, 0.15) is 37.4 Å². The highest BCUT2D eigenvalue weighted by molar-refractivity contribution is 7.99. The second-order valence-corrected chi connectivity index (χ2v) is 11.1. The Labute approximate surface area is 231 Å². The van der Waals surface area contributed by atoms with Crippen molar-refractivity contribution in [2.45, 2.75) is 44.3 Å². The van der Waals surface area contributed by atoms with Gasteiger partial charge in [0.2, 0.25) is 0 Å². The Morgan fingerprint density at radius 2 is 1.76 bits per heavy atom. The molecule has 0 saturated carbocycles. The Bertz CT molecular complexity index is 1200. The van der Waals surface area contributed by atoms with Crippen molar-refractivity contribution in [1.82, 2.24) is 9.47 Å². The van der Waals surface area contributed by atoms with Gasteiger partial charge in [-0.05, 0) is 41.3 Å². The number of carboxylic acid groups (broad SMARTS) is 1. The molecule has 3 rings (SSSR count). The van der Waals surface area contributed by atoms with Gasteiger partial charge in [0, 0.05) is 48.5 Å². The highest BCUT2D eigenvalue weighted by Gasteiger charge is 2.25. The molecule has 3 aromatic rings. The van der Waals surface area contributed by atoms with Crippen molar-refractivity contribution in [1.29, 1.82) is 0 Å². The molecule has 1 unspecified atom stereocenters. The van der Waals surface area contributed by atoms with Crippen LogP contribution in [0.15, 0.2) is 53.4 Å². The van der Waals surface area contributed by atoms with Crippen LogP contribution < -0.4 is 4.74 Å². The summed E-state index contributed by atoms with van der Waals surface area (Å²) < 4.78 is 7.09. The van der Waals surface area contributed by atoms with E-state index in [2.05, 4.69) is 18.7 Å². The Morgan fingerprint density at radius 3 is 2.35 bits per heavy atom. The highest BCUT2D eigenvalue weighted by Crippen LogP contribution is 2.35. The van der Waals surface area contributed by atoms with Gasteiger partial charge in [-0.3, -0.25) is 14.3 Å². The molecule has 0 fully saturated rings. The van der Waals surface area contributed by atoms with Crippen LogP contribution in [-0.4, -0.2) is 50.2 Å². The third-order valence-corrected chi connectivity index (χ3v) is 7.63. The fourth-order valence-corrected chi connectivity index (χ4v) is 5.45. The number of aromatic nitrogens is 1. The molecule has 0 radical (unpaired) electrons. The lowest BCUT2D eigenvalue weighted by atomic mass is 9.99. The van der Waals surface area contributed by atoms with Crippen LogP contribution in [0.25, 0.3) is 0 Å². The number of carboxylic acids is 1. The third kappa shape index (κ3) is 7.98. The van der Waals surface area contributed by atoms with E-state index in [9.17, 15) is 20.1 Å². The predicted octanol–water partition coefficient (Wildman–Crippen LogP) is 6.68. The quantitative estimate of drug-likeness (QED) is 0.198. The standard InChI is InChI=1S/C27H32Cl2N2O5S/c1-17(2)15-30(22(14-27(34)35)19-5-6-20(28)21(29)13-19)16-18-4-7-24(23(12-18)36-3)37-11-10-31-25(32)8-9-26(31)33/h4-9,12-13,17,22,32-33H,10-11,14-16H2,1-3H3,(H,34,35). The lowest BCUT2D eigenvalue weighted by Crippen LogP contribution is -2.33. The zero-order valence-corrected chi connectivity index (χ0v) is 23.4. The summed E-state index contributed by atoms with van der Waals surface area (Å²) >= 11 is 13.9. The number of rotatable bonds is 13. The summed E-state index contributed by atoms with van der Waals surface area (Å²) in [7, 11) is 1.61.